The quantitative estimate of drug-likeness (QED) is 0.123. The molecule has 10 heteroatoms. The second-order valence-electron chi connectivity index (χ2n) is 13.4. The molecule has 1 fully saturated rings. The first-order valence-electron chi connectivity index (χ1n) is 17.7. The first-order chi connectivity index (χ1) is 24.2. The predicted molar refractivity (Wildman–Crippen MR) is 192 cm³/mol. The molecule has 3 amide bonds. The summed E-state index contributed by atoms with van der Waals surface area (Å²) in [5.74, 6) is -1.90. The zero-order valence-electron chi connectivity index (χ0n) is 28.7. The standard InChI is InChI=1S/C40H48N4O6/c1-27-23-31-13-8-9-17-35(31)43-34(27)18-10-14-32(38(46)42-33-15-6-3-7-16-33)24-28-19-21-30(22-20-28)37(45)41-25-36(39(47)48)44-40(49)50-26-29-11-4-2-5-12-29/h2,4-5,8-9,11-13,17,19-22,32-33,36,43H,3,6-7,10,14-16,18,23-26H2,1H3,(H,41,45)(H,42,46)(H,44,49)(H,47,48). The molecule has 2 atom stereocenters. The number of allylic oxidation sites excluding steroid dienone is 2. The van der Waals surface area contributed by atoms with Gasteiger partial charge in [0.2, 0.25) is 5.91 Å². The van der Waals surface area contributed by atoms with Crippen LogP contribution in [-0.4, -0.2) is 47.6 Å². The third-order valence-electron chi connectivity index (χ3n) is 9.54. The van der Waals surface area contributed by atoms with E-state index in [1.807, 2.05) is 24.3 Å². The average molecular weight is 681 g/mol. The summed E-state index contributed by atoms with van der Waals surface area (Å²) >= 11 is 0. The van der Waals surface area contributed by atoms with Crippen LogP contribution >= 0.6 is 0 Å². The minimum absolute atomic E-state index is 0.00912. The first kappa shape index (κ1) is 36.2. The number of para-hydroxylation sites is 1. The van der Waals surface area contributed by atoms with Crippen LogP contribution < -0.4 is 21.3 Å². The number of anilines is 1. The number of hydrogen-bond donors (Lipinski definition) is 5. The number of ether oxygens (including phenoxy) is 1. The van der Waals surface area contributed by atoms with Crippen LogP contribution in [-0.2, 0) is 33.8 Å². The lowest BCUT2D eigenvalue weighted by Gasteiger charge is -2.26. The van der Waals surface area contributed by atoms with Gasteiger partial charge in [-0.25, -0.2) is 9.59 Å². The van der Waals surface area contributed by atoms with E-state index in [9.17, 15) is 24.3 Å². The van der Waals surface area contributed by atoms with Gasteiger partial charge in [-0.3, -0.25) is 9.59 Å². The van der Waals surface area contributed by atoms with Gasteiger partial charge < -0.3 is 31.1 Å². The number of carboxylic acid groups (broad SMARTS) is 1. The van der Waals surface area contributed by atoms with Gasteiger partial charge in [-0.05, 0) is 92.3 Å². The molecule has 2 aliphatic rings. The molecule has 50 heavy (non-hydrogen) atoms. The maximum Gasteiger partial charge on any atom is 0.408 e. The van der Waals surface area contributed by atoms with Crippen molar-refractivity contribution in [3.05, 3.63) is 112 Å². The fourth-order valence-electron chi connectivity index (χ4n) is 6.63. The van der Waals surface area contributed by atoms with Crippen LogP contribution in [0.2, 0.25) is 0 Å². The Morgan fingerprint density at radius 3 is 2.36 bits per heavy atom. The molecular formula is C40H48N4O6. The number of amides is 3. The Balaban J connectivity index is 1.14. The largest absolute Gasteiger partial charge is 0.480 e. The molecule has 5 rings (SSSR count). The Kier molecular flexibility index (Phi) is 13.0. The summed E-state index contributed by atoms with van der Waals surface area (Å²) in [6.45, 7) is 1.84. The number of benzene rings is 3. The topological polar surface area (TPSA) is 146 Å². The van der Waals surface area contributed by atoms with Gasteiger partial charge in [-0.15, -0.1) is 0 Å². The van der Waals surface area contributed by atoms with Crippen molar-refractivity contribution in [2.75, 3.05) is 11.9 Å². The molecule has 0 bridgehead atoms. The van der Waals surface area contributed by atoms with E-state index in [4.69, 9.17) is 4.74 Å². The Morgan fingerprint density at radius 2 is 1.62 bits per heavy atom. The van der Waals surface area contributed by atoms with Crippen LogP contribution in [0.5, 0.6) is 0 Å². The minimum atomic E-state index is -1.37. The van der Waals surface area contributed by atoms with Crippen molar-refractivity contribution in [3.63, 3.8) is 0 Å². The summed E-state index contributed by atoms with van der Waals surface area (Å²) < 4.78 is 5.12. The third-order valence-corrected chi connectivity index (χ3v) is 9.54. The molecule has 1 saturated carbocycles. The van der Waals surface area contributed by atoms with E-state index in [0.29, 0.717) is 12.0 Å². The van der Waals surface area contributed by atoms with Gasteiger partial charge in [0.25, 0.3) is 5.91 Å². The van der Waals surface area contributed by atoms with Crippen LogP contribution in [0.15, 0.2) is 90.1 Å². The van der Waals surface area contributed by atoms with Gasteiger partial charge in [0.05, 0.1) is 0 Å². The molecule has 3 aromatic carbocycles. The third kappa shape index (κ3) is 10.7. The Morgan fingerprint density at radius 1 is 0.900 bits per heavy atom. The molecule has 3 aromatic rings. The summed E-state index contributed by atoms with van der Waals surface area (Å²) in [5.41, 5.74) is 7.06. The zero-order valence-corrected chi connectivity index (χ0v) is 28.7. The Hall–Kier alpha value is -5.12. The monoisotopic (exact) mass is 680 g/mol. The first-order valence-corrected chi connectivity index (χ1v) is 17.7. The highest BCUT2D eigenvalue weighted by Gasteiger charge is 2.25. The van der Waals surface area contributed by atoms with Crippen LogP contribution in [0, 0.1) is 5.92 Å². The summed E-state index contributed by atoms with van der Waals surface area (Å²) in [6, 6.07) is 23.3. The fourth-order valence-corrected chi connectivity index (χ4v) is 6.63. The van der Waals surface area contributed by atoms with Crippen molar-refractivity contribution < 1.29 is 29.0 Å². The normalized spacial score (nSPS) is 15.5. The van der Waals surface area contributed by atoms with E-state index < -0.39 is 24.0 Å². The second kappa shape index (κ2) is 18.0. The molecule has 1 aliphatic carbocycles. The number of nitrogens with one attached hydrogen (secondary N) is 4. The molecule has 0 spiro atoms. The van der Waals surface area contributed by atoms with Crippen LogP contribution in [0.1, 0.15) is 85.3 Å². The van der Waals surface area contributed by atoms with Crippen LogP contribution in [0.25, 0.3) is 0 Å². The lowest BCUT2D eigenvalue weighted by atomic mass is 9.89. The molecule has 0 aromatic heterocycles. The zero-order chi connectivity index (χ0) is 35.3. The number of hydrogen-bond acceptors (Lipinski definition) is 6. The van der Waals surface area contributed by atoms with E-state index in [-0.39, 0.29) is 31.0 Å². The van der Waals surface area contributed by atoms with Crippen molar-refractivity contribution in [3.8, 4) is 0 Å². The van der Waals surface area contributed by atoms with Gasteiger partial charge in [0.1, 0.15) is 12.6 Å². The molecule has 10 nitrogen and oxygen atoms in total. The summed E-state index contributed by atoms with van der Waals surface area (Å²) in [5, 5.41) is 21.4. The summed E-state index contributed by atoms with van der Waals surface area (Å²) in [7, 11) is 0. The minimum Gasteiger partial charge on any atom is -0.480 e. The highest BCUT2D eigenvalue weighted by molar-refractivity contribution is 5.94. The van der Waals surface area contributed by atoms with Crippen molar-refractivity contribution in [1.82, 2.24) is 16.0 Å². The number of alkyl carbamates (subject to hydrolysis) is 1. The summed E-state index contributed by atoms with van der Waals surface area (Å²) in [6.07, 6.45) is 8.58. The molecule has 264 valence electrons. The molecule has 0 saturated heterocycles. The van der Waals surface area contributed by atoms with Crippen molar-refractivity contribution in [2.24, 2.45) is 5.92 Å². The van der Waals surface area contributed by atoms with E-state index in [2.05, 4.69) is 46.4 Å². The molecule has 2 unspecified atom stereocenters. The maximum absolute atomic E-state index is 13.6. The molecule has 5 N–H and O–H groups in total. The smallest absolute Gasteiger partial charge is 0.408 e. The van der Waals surface area contributed by atoms with E-state index in [1.54, 1.807) is 36.4 Å². The SMILES string of the molecule is CC1=C(CCCC(Cc2ccc(C(=O)NCC(NC(=O)OCc3ccccc3)C(=O)O)cc2)C(=O)NC2CCCCC2)Nc2ccccc2C1. The van der Waals surface area contributed by atoms with Crippen molar-refractivity contribution in [1.29, 1.82) is 0 Å². The van der Waals surface area contributed by atoms with Crippen molar-refractivity contribution >= 4 is 29.6 Å². The van der Waals surface area contributed by atoms with Crippen molar-refractivity contribution in [2.45, 2.75) is 89.8 Å². The number of fused-ring (bicyclic) bond motifs is 1. The van der Waals surface area contributed by atoms with Gasteiger partial charge >= 0.3 is 12.1 Å². The fraction of sp³-hybridized carbons (Fsp3) is 0.400. The Labute approximate surface area is 294 Å². The number of aliphatic carboxylic acids is 1. The predicted octanol–water partition coefficient (Wildman–Crippen LogP) is 6.52. The van der Waals surface area contributed by atoms with Gasteiger partial charge in [0.15, 0.2) is 0 Å². The second-order valence-corrected chi connectivity index (χ2v) is 13.4. The Bertz CT molecular complexity index is 1650. The average Bonchev–Trinajstić information content (AvgIpc) is 3.13. The number of rotatable bonds is 15. The van der Waals surface area contributed by atoms with E-state index >= 15 is 0 Å². The van der Waals surface area contributed by atoms with Gasteiger partial charge in [0, 0.05) is 35.5 Å². The molecular weight excluding hydrogens is 632 g/mol. The number of carbonyl (C=O) groups is 4. The molecule has 1 aliphatic heterocycles. The number of carbonyl (C=O) groups excluding carboxylic acids is 3. The van der Waals surface area contributed by atoms with Gasteiger partial charge in [-0.2, -0.15) is 0 Å². The lowest BCUT2D eigenvalue weighted by molar-refractivity contribution is -0.139. The highest BCUT2D eigenvalue weighted by atomic mass is 16.5. The van der Waals surface area contributed by atoms with E-state index in [1.165, 1.54) is 23.3 Å². The molecule has 0 radical (unpaired) electrons. The van der Waals surface area contributed by atoms with Crippen LogP contribution in [0.3, 0.4) is 0 Å². The van der Waals surface area contributed by atoms with Crippen LogP contribution in [0.4, 0.5) is 10.5 Å². The summed E-state index contributed by atoms with van der Waals surface area (Å²) in [4.78, 5) is 50.5. The van der Waals surface area contributed by atoms with Gasteiger partial charge in [-0.1, -0.05) is 79.9 Å². The highest BCUT2D eigenvalue weighted by Crippen LogP contribution is 2.30. The maximum atomic E-state index is 13.6. The number of carboxylic acids is 1. The van der Waals surface area contributed by atoms with E-state index in [0.717, 1.165) is 68.2 Å². The molecule has 1 heterocycles. The lowest BCUT2D eigenvalue weighted by Crippen LogP contribution is -2.48.